The molecule has 0 saturated heterocycles. The lowest BCUT2D eigenvalue weighted by Gasteiger charge is -2.15. The number of hydrogen-bond acceptors (Lipinski definition) is 6. The maximum Gasteiger partial charge on any atom is 0.344 e. The van der Waals surface area contributed by atoms with E-state index in [-0.39, 0.29) is 24.4 Å². The van der Waals surface area contributed by atoms with E-state index in [0.29, 0.717) is 17.5 Å². The molecular formula is C12H21N3O4S. The Morgan fingerprint density at radius 3 is 2.95 bits per heavy atom. The van der Waals surface area contributed by atoms with Crippen molar-refractivity contribution in [3.63, 3.8) is 0 Å². The molecule has 2 atom stereocenters. The fraction of sp³-hybridized carbons (Fsp3) is 0.833. The van der Waals surface area contributed by atoms with Gasteiger partial charge in [0.15, 0.2) is 5.16 Å². The van der Waals surface area contributed by atoms with Crippen LogP contribution >= 0.6 is 11.8 Å². The lowest BCUT2D eigenvalue weighted by molar-refractivity contribution is -0.0257. The van der Waals surface area contributed by atoms with Crippen LogP contribution in [-0.4, -0.2) is 58.2 Å². The highest BCUT2D eigenvalue weighted by Gasteiger charge is 2.28. The van der Waals surface area contributed by atoms with Gasteiger partial charge in [0.25, 0.3) is 0 Å². The van der Waals surface area contributed by atoms with Crippen LogP contribution in [0.25, 0.3) is 0 Å². The van der Waals surface area contributed by atoms with Gasteiger partial charge >= 0.3 is 5.69 Å². The summed E-state index contributed by atoms with van der Waals surface area (Å²) in [5.74, 6) is 0.441. The van der Waals surface area contributed by atoms with Crippen LogP contribution in [0.4, 0.5) is 0 Å². The van der Waals surface area contributed by atoms with Gasteiger partial charge in [-0.3, -0.25) is 4.57 Å². The van der Waals surface area contributed by atoms with Crippen molar-refractivity contribution in [3.8, 4) is 0 Å². The number of methoxy groups -OCH3 is 1. The van der Waals surface area contributed by atoms with E-state index < -0.39 is 6.10 Å². The Balaban J connectivity index is 1.76. The molecule has 1 aromatic rings. The second-order valence-corrected chi connectivity index (χ2v) is 5.96. The van der Waals surface area contributed by atoms with Gasteiger partial charge in [-0.1, -0.05) is 11.8 Å². The number of aliphatic hydroxyl groups excluding tert-OH is 1. The van der Waals surface area contributed by atoms with Gasteiger partial charge < -0.3 is 14.6 Å². The molecular weight excluding hydrogens is 282 g/mol. The number of H-pyrrole nitrogens is 1. The summed E-state index contributed by atoms with van der Waals surface area (Å²) < 4.78 is 12.1. The molecule has 1 heterocycles. The molecule has 1 aromatic heterocycles. The maximum absolute atomic E-state index is 11.6. The van der Waals surface area contributed by atoms with Crippen molar-refractivity contribution in [3.05, 3.63) is 10.5 Å². The van der Waals surface area contributed by atoms with E-state index in [0.717, 1.165) is 12.8 Å². The normalized spacial score (nSPS) is 18.1. The summed E-state index contributed by atoms with van der Waals surface area (Å²) in [5, 5.41) is 17.0. The Bertz CT molecular complexity index is 472. The summed E-state index contributed by atoms with van der Waals surface area (Å²) in [6.07, 6.45) is 1.40. The molecule has 2 N–H and O–H groups in total. The van der Waals surface area contributed by atoms with E-state index in [1.165, 1.54) is 11.8 Å². The fourth-order valence-electron chi connectivity index (χ4n) is 1.82. The number of ether oxygens (including phenoxy) is 2. The molecule has 1 aliphatic carbocycles. The first-order valence-electron chi connectivity index (χ1n) is 6.70. The van der Waals surface area contributed by atoms with Crippen LogP contribution in [0.15, 0.2) is 9.95 Å². The molecule has 20 heavy (non-hydrogen) atoms. The van der Waals surface area contributed by atoms with Crippen molar-refractivity contribution in [1.29, 1.82) is 0 Å². The van der Waals surface area contributed by atoms with E-state index in [1.54, 1.807) is 11.7 Å². The van der Waals surface area contributed by atoms with E-state index >= 15 is 0 Å². The molecule has 0 aliphatic heterocycles. The fourth-order valence-corrected chi connectivity index (χ4v) is 2.74. The van der Waals surface area contributed by atoms with Gasteiger partial charge in [-0.2, -0.15) is 0 Å². The molecule has 7 nitrogen and oxygen atoms in total. The highest BCUT2D eigenvalue weighted by Crippen LogP contribution is 2.36. The van der Waals surface area contributed by atoms with Crippen molar-refractivity contribution in [1.82, 2.24) is 14.8 Å². The summed E-state index contributed by atoms with van der Waals surface area (Å²) in [6, 6.07) is 0.277. The van der Waals surface area contributed by atoms with E-state index in [1.807, 2.05) is 6.92 Å². The van der Waals surface area contributed by atoms with Crippen molar-refractivity contribution in [2.75, 3.05) is 26.1 Å². The van der Waals surface area contributed by atoms with Gasteiger partial charge in [-0.05, 0) is 19.8 Å². The Labute approximate surface area is 121 Å². The highest BCUT2D eigenvalue weighted by atomic mass is 32.2. The maximum atomic E-state index is 11.6. The molecule has 114 valence electrons. The minimum absolute atomic E-state index is 0.0466. The lowest BCUT2D eigenvalue weighted by Crippen LogP contribution is -2.24. The highest BCUT2D eigenvalue weighted by molar-refractivity contribution is 7.99. The minimum atomic E-state index is -0.598. The first-order valence-corrected chi connectivity index (χ1v) is 7.68. The summed E-state index contributed by atoms with van der Waals surface area (Å²) in [4.78, 5) is 11.6. The van der Waals surface area contributed by atoms with Crippen LogP contribution in [0.3, 0.4) is 0 Å². The third-order valence-corrected chi connectivity index (χ3v) is 4.06. The van der Waals surface area contributed by atoms with Crippen molar-refractivity contribution in [2.45, 2.75) is 43.2 Å². The Kier molecular flexibility index (Phi) is 5.64. The van der Waals surface area contributed by atoms with Gasteiger partial charge in [0, 0.05) is 18.9 Å². The van der Waals surface area contributed by atoms with Crippen LogP contribution in [0.5, 0.6) is 0 Å². The number of nitrogens with one attached hydrogen (secondary N) is 1. The van der Waals surface area contributed by atoms with Crippen LogP contribution in [-0.2, 0) is 9.47 Å². The molecule has 0 aromatic carbocycles. The van der Waals surface area contributed by atoms with Crippen LogP contribution in [0.2, 0.25) is 0 Å². The number of aromatic amines is 1. The number of thioether (sulfide) groups is 1. The van der Waals surface area contributed by atoms with Crippen molar-refractivity contribution < 1.29 is 14.6 Å². The topological polar surface area (TPSA) is 89.4 Å². The Morgan fingerprint density at radius 1 is 1.55 bits per heavy atom. The van der Waals surface area contributed by atoms with E-state index in [4.69, 9.17) is 9.47 Å². The van der Waals surface area contributed by atoms with Crippen LogP contribution in [0.1, 0.15) is 25.8 Å². The second kappa shape index (κ2) is 7.26. The SMILES string of the molecule is COCC(C)OCC(O)CSc1n[nH]c(=O)n1C1CC1. The average Bonchev–Trinajstić information content (AvgIpc) is 3.18. The minimum Gasteiger partial charge on any atom is -0.390 e. The van der Waals surface area contributed by atoms with E-state index in [9.17, 15) is 9.90 Å². The lowest BCUT2D eigenvalue weighted by atomic mass is 10.4. The third-order valence-electron chi connectivity index (χ3n) is 2.96. The first kappa shape index (κ1) is 15.6. The predicted molar refractivity (Wildman–Crippen MR) is 75.1 cm³/mol. The molecule has 2 unspecified atom stereocenters. The molecule has 0 amide bonds. The van der Waals surface area contributed by atoms with Gasteiger partial charge in [-0.15, -0.1) is 5.10 Å². The molecule has 0 bridgehead atoms. The number of aliphatic hydroxyl groups is 1. The summed E-state index contributed by atoms with van der Waals surface area (Å²) in [6.45, 7) is 2.64. The zero-order chi connectivity index (χ0) is 14.5. The summed E-state index contributed by atoms with van der Waals surface area (Å²) in [7, 11) is 1.61. The van der Waals surface area contributed by atoms with Crippen molar-refractivity contribution in [2.24, 2.45) is 0 Å². The molecule has 1 fully saturated rings. The summed E-state index contributed by atoms with van der Waals surface area (Å²) in [5.41, 5.74) is -0.172. The Morgan fingerprint density at radius 2 is 2.30 bits per heavy atom. The van der Waals surface area contributed by atoms with Gasteiger partial charge in [0.1, 0.15) is 0 Å². The molecule has 1 aliphatic rings. The molecule has 8 heteroatoms. The average molecular weight is 303 g/mol. The first-order chi connectivity index (χ1) is 9.61. The van der Waals surface area contributed by atoms with Gasteiger partial charge in [-0.25, -0.2) is 9.89 Å². The molecule has 1 saturated carbocycles. The summed E-state index contributed by atoms with van der Waals surface area (Å²) >= 11 is 1.37. The number of aromatic nitrogens is 3. The number of nitrogens with zero attached hydrogens (tertiary/aromatic N) is 2. The predicted octanol–water partition coefficient (Wildman–Crippen LogP) is 0.411. The second-order valence-electron chi connectivity index (χ2n) is 4.98. The third kappa shape index (κ3) is 4.34. The largest absolute Gasteiger partial charge is 0.390 e. The van der Waals surface area contributed by atoms with Gasteiger partial charge in [0.05, 0.1) is 25.4 Å². The molecule has 0 spiro atoms. The monoisotopic (exact) mass is 303 g/mol. The van der Waals surface area contributed by atoms with Crippen LogP contribution in [0, 0.1) is 0 Å². The van der Waals surface area contributed by atoms with Crippen LogP contribution < -0.4 is 5.69 Å². The van der Waals surface area contributed by atoms with E-state index in [2.05, 4.69) is 10.2 Å². The zero-order valence-corrected chi connectivity index (χ0v) is 12.6. The smallest absolute Gasteiger partial charge is 0.344 e. The number of rotatable bonds is 9. The standard InChI is InChI=1S/C12H21N3O4S/c1-8(5-18-2)19-6-10(16)7-20-12-14-13-11(17)15(12)9-3-4-9/h8-10,16H,3-7H2,1-2H3,(H,13,17). The Hall–Kier alpha value is -0.830. The van der Waals surface area contributed by atoms with Crippen molar-refractivity contribution >= 4 is 11.8 Å². The molecule has 0 radical (unpaired) electrons. The van der Waals surface area contributed by atoms with Gasteiger partial charge in [0.2, 0.25) is 0 Å². The number of hydrogen-bond donors (Lipinski definition) is 2. The molecule has 2 rings (SSSR count). The zero-order valence-electron chi connectivity index (χ0n) is 11.7. The quantitative estimate of drug-likeness (QED) is 0.642.